The molecule has 4 aromatic rings. The molecule has 1 saturated carbocycles. The first-order chi connectivity index (χ1) is 15.9. The third kappa shape index (κ3) is 4.24. The molecule has 1 aromatic carbocycles. The molecule has 1 aliphatic rings. The molecule has 2 atom stereocenters. The summed E-state index contributed by atoms with van der Waals surface area (Å²) in [4.78, 5) is 21.8. The number of benzene rings is 1. The summed E-state index contributed by atoms with van der Waals surface area (Å²) in [5.74, 6) is 1.12. The number of rotatable bonds is 6. The number of aromatic nitrogens is 4. The lowest BCUT2D eigenvalue weighted by Crippen LogP contribution is -2.23. The van der Waals surface area contributed by atoms with Crippen LogP contribution in [0.1, 0.15) is 52.9 Å². The van der Waals surface area contributed by atoms with Gasteiger partial charge in [0.25, 0.3) is 5.56 Å². The van der Waals surface area contributed by atoms with Gasteiger partial charge in [-0.3, -0.25) is 9.78 Å². The van der Waals surface area contributed by atoms with Crippen LogP contribution < -0.4 is 11.3 Å². The summed E-state index contributed by atoms with van der Waals surface area (Å²) in [6.45, 7) is 5.94. The molecule has 0 saturated heterocycles. The van der Waals surface area contributed by atoms with Crippen LogP contribution in [0.4, 0.5) is 0 Å². The van der Waals surface area contributed by atoms with Crippen molar-refractivity contribution < 1.29 is 7.38 Å². The summed E-state index contributed by atoms with van der Waals surface area (Å²) in [5, 5.41) is 4.25. The van der Waals surface area contributed by atoms with E-state index in [1.165, 1.54) is 12.8 Å². The second kappa shape index (κ2) is 8.41. The fourth-order valence-electron chi connectivity index (χ4n) is 4.11. The van der Waals surface area contributed by atoms with Gasteiger partial charge < -0.3 is 14.8 Å². The molecule has 7 heteroatoms. The molecule has 2 unspecified atom stereocenters. The van der Waals surface area contributed by atoms with Gasteiger partial charge in [-0.05, 0) is 57.2 Å². The monoisotopic (exact) mass is 445 g/mol. The molecule has 0 amide bonds. The van der Waals surface area contributed by atoms with Crippen molar-refractivity contribution >= 4 is 0 Å². The van der Waals surface area contributed by atoms with Crippen LogP contribution in [0.2, 0.25) is 0 Å². The van der Waals surface area contributed by atoms with Crippen LogP contribution in [0, 0.1) is 12.8 Å². The average Bonchev–Trinajstić information content (AvgIpc) is 3.56. The normalized spacial score (nSPS) is 15.4. The van der Waals surface area contributed by atoms with E-state index < -0.39 is 0 Å². The summed E-state index contributed by atoms with van der Waals surface area (Å²) in [7, 11) is 0. The maximum atomic E-state index is 12.4. The first kappa shape index (κ1) is 21.3. The number of nitrogens with zero attached hydrogens (tertiary/aromatic N) is 4. The topological polar surface area (TPSA) is 99.8 Å². The molecule has 3 heterocycles. The van der Waals surface area contributed by atoms with Crippen LogP contribution in [0.5, 0.6) is 0 Å². The Morgan fingerprint density at radius 1 is 1.12 bits per heavy atom. The van der Waals surface area contributed by atoms with E-state index in [0.29, 0.717) is 28.8 Å². The zero-order valence-electron chi connectivity index (χ0n) is 19.0. The van der Waals surface area contributed by atoms with E-state index in [2.05, 4.69) is 17.1 Å². The molecule has 1 fully saturated rings. The first-order valence-electron chi connectivity index (χ1n) is 11.3. The number of aryl methyl sites for hydroxylation is 1. The number of hydrogen-bond acceptors (Lipinski definition) is 6. The molecule has 1 aliphatic carbocycles. The van der Waals surface area contributed by atoms with E-state index in [0.717, 1.165) is 22.4 Å². The van der Waals surface area contributed by atoms with Crippen molar-refractivity contribution in [1.82, 2.24) is 19.7 Å². The second-order valence-corrected chi connectivity index (χ2v) is 8.92. The van der Waals surface area contributed by atoms with Gasteiger partial charge in [0.05, 0.1) is 17.6 Å². The predicted molar refractivity (Wildman–Crippen MR) is 132 cm³/mol. The summed E-state index contributed by atoms with van der Waals surface area (Å²) in [5.41, 5.74) is 11.6. The van der Waals surface area contributed by atoms with Gasteiger partial charge in [-0.15, -0.1) is 0 Å². The van der Waals surface area contributed by atoms with Gasteiger partial charge in [-0.2, -0.15) is 0 Å². The maximum Gasteiger partial charge on any atom is 0.250 e. The highest BCUT2D eigenvalue weighted by molar-refractivity contribution is 5.68. The molecule has 2 N–H and O–H groups in total. The van der Waals surface area contributed by atoms with Crippen molar-refractivity contribution in [2.45, 2.75) is 45.7 Å². The van der Waals surface area contributed by atoms with Crippen LogP contribution in [-0.2, 0) is 0 Å². The first-order valence-corrected chi connectivity index (χ1v) is 11.3. The van der Waals surface area contributed by atoms with Gasteiger partial charge in [-0.25, -0.2) is 4.98 Å². The minimum absolute atomic E-state index is 0. The quantitative estimate of drug-likeness (QED) is 0.425. The zero-order chi connectivity index (χ0) is 23.1. The van der Waals surface area contributed by atoms with Gasteiger partial charge in [0, 0.05) is 44.4 Å². The average molecular weight is 446 g/mol. The molecule has 172 valence electrons. The van der Waals surface area contributed by atoms with Crippen LogP contribution in [0.3, 0.4) is 0 Å². The van der Waals surface area contributed by atoms with Crippen molar-refractivity contribution in [2.75, 3.05) is 0 Å². The van der Waals surface area contributed by atoms with Crippen molar-refractivity contribution in [3.8, 4) is 34.0 Å². The summed E-state index contributed by atoms with van der Waals surface area (Å²) < 4.78 is 7.47. The van der Waals surface area contributed by atoms with Crippen molar-refractivity contribution in [2.24, 2.45) is 11.7 Å². The number of hydrogen-bond donors (Lipinski definition) is 1. The van der Waals surface area contributed by atoms with E-state index in [9.17, 15) is 4.79 Å². The Balaban J connectivity index is 0.00000171. The van der Waals surface area contributed by atoms with E-state index in [1.807, 2.05) is 54.9 Å². The zero-order valence-corrected chi connectivity index (χ0v) is 19.0. The lowest BCUT2D eigenvalue weighted by atomic mass is 10.0. The molecule has 0 aliphatic heterocycles. The molecular weight excluding hydrogens is 414 g/mol. The maximum absolute atomic E-state index is 12.4. The Labute approximate surface area is 195 Å². The summed E-state index contributed by atoms with van der Waals surface area (Å²) >= 11 is 0. The third-order valence-electron chi connectivity index (χ3n) is 6.38. The van der Waals surface area contributed by atoms with Crippen LogP contribution >= 0.6 is 0 Å². The van der Waals surface area contributed by atoms with E-state index in [-0.39, 0.29) is 20.5 Å². The highest BCUT2D eigenvalue weighted by Gasteiger charge is 2.29. The van der Waals surface area contributed by atoms with Crippen LogP contribution in [0.25, 0.3) is 34.0 Å². The SMILES string of the molecule is Cc1ncc(-c2ccc(=O)n(C(C)C3CC3)c2)nc1-c1cc(-c2cccc(C(C)N)c2)no1.[HH].[HH]. The minimum Gasteiger partial charge on any atom is -0.354 e. The Hall–Kier alpha value is -3.58. The summed E-state index contributed by atoms with van der Waals surface area (Å²) in [6.07, 6.45) is 5.97. The highest BCUT2D eigenvalue weighted by atomic mass is 16.5. The Kier molecular flexibility index (Phi) is 5.42. The fraction of sp³-hybridized carbons (Fsp3) is 0.308. The van der Waals surface area contributed by atoms with E-state index >= 15 is 0 Å². The molecule has 7 nitrogen and oxygen atoms in total. The van der Waals surface area contributed by atoms with Gasteiger partial charge in [0.2, 0.25) is 0 Å². The van der Waals surface area contributed by atoms with Crippen LogP contribution in [-0.4, -0.2) is 19.7 Å². The predicted octanol–water partition coefficient (Wildman–Crippen LogP) is 5.42. The number of nitrogens with two attached hydrogens (primary N) is 1. The van der Waals surface area contributed by atoms with Gasteiger partial charge in [-0.1, -0.05) is 23.4 Å². The van der Waals surface area contributed by atoms with E-state index in [1.54, 1.807) is 18.3 Å². The molecule has 33 heavy (non-hydrogen) atoms. The van der Waals surface area contributed by atoms with Gasteiger partial charge in [0.1, 0.15) is 11.4 Å². The lowest BCUT2D eigenvalue weighted by molar-refractivity contribution is 0.433. The van der Waals surface area contributed by atoms with Crippen molar-refractivity contribution in [3.63, 3.8) is 0 Å². The number of pyridine rings is 1. The smallest absolute Gasteiger partial charge is 0.250 e. The third-order valence-corrected chi connectivity index (χ3v) is 6.38. The summed E-state index contributed by atoms with van der Waals surface area (Å²) in [6, 6.07) is 13.4. The molecule has 3 aromatic heterocycles. The largest absolute Gasteiger partial charge is 0.354 e. The van der Waals surface area contributed by atoms with Gasteiger partial charge in [0.15, 0.2) is 5.76 Å². The minimum atomic E-state index is -0.0629. The molecule has 0 spiro atoms. The Morgan fingerprint density at radius 3 is 2.70 bits per heavy atom. The second-order valence-electron chi connectivity index (χ2n) is 8.92. The van der Waals surface area contributed by atoms with Crippen LogP contribution in [0.15, 0.2) is 64.2 Å². The molecular formula is C26H31N5O2. The van der Waals surface area contributed by atoms with E-state index in [4.69, 9.17) is 15.2 Å². The highest BCUT2D eigenvalue weighted by Crippen LogP contribution is 2.39. The molecule has 5 rings (SSSR count). The standard InChI is InChI=1S/C26H27N5O2.2H2/c1-15(27)19-5-4-6-20(11-19)22-12-24(33-30-22)26-16(2)28-13-23(29-26)21-9-10-25(32)31(14-21)17(3)18-7-8-18;;/h4-6,9-15,17-18H,7-8,27H2,1-3H3;2*1H. The Bertz CT molecular complexity index is 1380. The molecule has 0 bridgehead atoms. The van der Waals surface area contributed by atoms with Crippen molar-refractivity contribution in [3.05, 3.63) is 76.5 Å². The Morgan fingerprint density at radius 2 is 1.94 bits per heavy atom. The fourth-order valence-corrected chi connectivity index (χ4v) is 4.11. The van der Waals surface area contributed by atoms with Crippen molar-refractivity contribution in [1.29, 1.82) is 0 Å². The molecule has 0 radical (unpaired) electrons. The lowest BCUT2D eigenvalue weighted by Gasteiger charge is -2.15. The van der Waals surface area contributed by atoms with Gasteiger partial charge >= 0.3 is 0 Å².